The van der Waals surface area contributed by atoms with E-state index in [0.717, 1.165) is 6.54 Å². The van der Waals surface area contributed by atoms with E-state index in [1.54, 1.807) is 0 Å². The maximum absolute atomic E-state index is 5.67. The Bertz CT molecular complexity index is 331. The number of hydrogen-bond acceptors (Lipinski definition) is 3. The van der Waals surface area contributed by atoms with Gasteiger partial charge in [0.25, 0.3) is 0 Å². The minimum atomic E-state index is 0.622. The molecule has 0 amide bonds. The SMILES string of the molecule is C[C@H]1CCCCN1Cc1cc(N)nn1C. The summed E-state index contributed by atoms with van der Waals surface area (Å²) < 4.78 is 1.89. The number of likely N-dealkylation sites (tertiary alicyclic amines) is 1. The average Bonchev–Trinajstić information content (AvgIpc) is 2.49. The third-order valence-electron chi connectivity index (χ3n) is 3.30. The molecule has 2 heterocycles. The van der Waals surface area contributed by atoms with Crippen molar-refractivity contribution in [2.24, 2.45) is 7.05 Å². The van der Waals surface area contributed by atoms with E-state index < -0.39 is 0 Å². The van der Waals surface area contributed by atoms with Crippen LogP contribution in [0.2, 0.25) is 0 Å². The van der Waals surface area contributed by atoms with Crippen LogP contribution in [0.4, 0.5) is 5.82 Å². The molecule has 0 aromatic carbocycles. The van der Waals surface area contributed by atoms with Crippen LogP contribution in [0.5, 0.6) is 0 Å². The number of aryl methyl sites for hydroxylation is 1. The summed E-state index contributed by atoms with van der Waals surface area (Å²) in [5.41, 5.74) is 6.88. The van der Waals surface area contributed by atoms with Crippen LogP contribution in [-0.2, 0) is 13.6 Å². The molecule has 84 valence electrons. The zero-order valence-electron chi connectivity index (χ0n) is 9.61. The van der Waals surface area contributed by atoms with Gasteiger partial charge in [-0.1, -0.05) is 6.42 Å². The molecule has 1 aliphatic heterocycles. The van der Waals surface area contributed by atoms with E-state index in [4.69, 9.17) is 5.73 Å². The standard InChI is InChI=1S/C11H20N4/c1-9-5-3-4-6-15(9)8-10-7-11(12)13-14(10)2/h7,9H,3-6,8H2,1-2H3,(H2,12,13)/t9-/m0/s1. The first-order valence-corrected chi connectivity index (χ1v) is 5.69. The van der Waals surface area contributed by atoms with E-state index in [1.807, 2.05) is 17.8 Å². The number of nitrogen functional groups attached to an aromatic ring is 1. The fraction of sp³-hybridized carbons (Fsp3) is 0.727. The fourth-order valence-electron chi connectivity index (χ4n) is 2.28. The Morgan fingerprint density at radius 3 is 2.93 bits per heavy atom. The summed E-state index contributed by atoms with van der Waals surface area (Å²) in [7, 11) is 1.96. The smallest absolute Gasteiger partial charge is 0.145 e. The molecule has 0 radical (unpaired) electrons. The first-order chi connectivity index (χ1) is 7.16. The summed E-state index contributed by atoms with van der Waals surface area (Å²) in [5, 5.41) is 4.17. The summed E-state index contributed by atoms with van der Waals surface area (Å²) in [4.78, 5) is 2.51. The molecule has 1 aliphatic rings. The number of rotatable bonds is 2. The molecule has 15 heavy (non-hydrogen) atoms. The van der Waals surface area contributed by atoms with Crippen LogP contribution in [-0.4, -0.2) is 27.3 Å². The zero-order chi connectivity index (χ0) is 10.8. The van der Waals surface area contributed by atoms with Crippen molar-refractivity contribution < 1.29 is 0 Å². The number of nitrogens with zero attached hydrogens (tertiary/aromatic N) is 3. The number of nitrogens with two attached hydrogens (primary N) is 1. The Balaban J connectivity index is 2.04. The third kappa shape index (κ3) is 2.31. The minimum Gasteiger partial charge on any atom is -0.382 e. The van der Waals surface area contributed by atoms with Gasteiger partial charge in [0.05, 0.1) is 5.69 Å². The van der Waals surface area contributed by atoms with Gasteiger partial charge in [-0.2, -0.15) is 5.10 Å². The van der Waals surface area contributed by atoms with Gasteiger partial charge in [0, 0.05) is 25.7 Å². The topological polar surface area (TPSA) is 47.1 Å². The monoisotopic (exact) mass is 208 g/mol. The van der Waals surface area contributed by atoms with Gasteiger partial charge in [-0.3, -0.25) is 9.58 Å². The highest BCUT2D eigenvalue weighted by atomic mass is 15.3. The first-order valence-electron chi connectivity index (χ1n) is 5.69. The fourth-order valence-corrected chi connectivity index (χ4v) is 2.28. The Kier molecular flexibility index (Phi) is 2.95. The van der Waals surface area contributed by atoms with E-state index in [1.165, 1.54) is 31.5 Å². The van der Waals surface area contributed by atoms with Gasteiger partial charge in [-0.15, -0.1) is 0 Å². The van der Waals surface area contributed by atoms with Crippen LogP contribution in [0, 0.1) is 0 Å². The lowest BCUT2D eigenvalue weighted by atomic mass is 10.0. The van der Waals surface area contributed by atoms with Crippen LogP contribution in [0.3, 0.4) is 0 Å². The zero-order valence-corrected chi connectivity index (χ0v) is 9.61. The normalized spacial score (nSPS) is 23.2. The Labute approximate surface area is 91.1 Å². The summed E-state index contributed by atoms with van der Waals surface area (Å²) >= 11 is 0. The summed E-state index contributed by atoms with van der Waals surface area (Å²) in [6.45, 7) is 4.48. The molecule has 4 nitrogen and oxygen atoms in total. The van der Waals surface area contributed by atoms with E-state index >= 15 is 0 Å². The van der Waals surface area contributed by atoms with Gasteiger partial charge < -0.3 is 5.73 Å². The lowest BCUT2D eigenvalue weighted by Crippen LogP contribution is -2.37. The second-order valence-electron chi connectivity index (χ2n) is 4.50. The second-order valence-corrected chi connectivity index (χ2v) is 4.50. The number of aromatic nitrogens is 2. The highest BCUT2D eigenvalue weighted by Gasteiger charge is 2.19. The molecule has 1 atom stereocenters. The van der Waals surface area contributed by atoms with Gasteiger partial charge in [0.1, 0.15) is 5.82 Å². The summed E-state index contributed by atoms with van der Waals surface area (Å²) in [6, 6.07) is 2.66. The maximum atomic E-state index is 5.67. The second kappa shape index (κ2) is 4.23. The van der Waals surface area contributed by atoms with Crippen molar-refractivity contribution in [3.8, 4) is 0 Å². The molecule has 0 spiro atoms. The van der Waals surface area contributed by atoms with Gasteiger partial charge in [-0.25, -0.2) is 0 Å². The molecule has 4 heteroatoms. The minimum absolute atomic E-state index is 0.622. The van der Waals surface area contributed by atoms with E-state index in [-0.39, 0.29) is 0 Å². The summed E-state index contributed by atoms with van der Waals surface area (Å²) in [5.74, 6) is 0.622. The third-order valence-corrected chi connectivity index (χ3v) is 3.30. The Morgan fingerprint density at radius 1 is 1.53 bits per heavy atom. The Hall–Kier alpha value is -1.03. The van der Waals surface area contributed by atoms with Gasteiger partial charge in [0.15, 0.2) is 0 Å². The average molecular weight is 208 g/mol. The van der Waals surface area contributed by atoms with Crippen molar-refractivity contribution in [3.63, 3.8) is 0 Å². The Morgan fingerprint density at radius 2 is 2.33 bits per heavy atom. The maximum Gasteiger partial charge on any atom is 0.145 e. The van der Waals surface area contributed by atoms with Crippen LogP contribution in [0.25, 0.3) is 0 Å². The molecule has 0 aliphatic carbocycles. The lowest BCUT2D eigenvalue weighted by molar-refractivity contribution is 0.149. The van der Waals surface area contributed by atoms with Gasteiger partial charge >= 0.3 is 0 Å². The van der Waals surface area contributed by atoms with Gasteiger partial charge in [0.2, 0.25) is 0 Å². The predicted molar refractivity (Wildman–Crippen MR) is 61.3 cm³/mol. The first kappa shape index (κ1) is 10.5. The molecule has 0 unspecified atom stereocenters. The number of anilines is 1. The van der Waals surface area contributed by atoms with Crippen molar-refractivity contribution in [2.45, 2.75) is 38.8 Å². The van der Waals surface area contributed by atoms with Crippen LogP contribution in [0.15, 0.2) is 6.07 Å². The van der Waals surface area contributed by atoms with Crippen molar-refractivity contribution in [3.05, 3.63) is 11.8 Å². The molecule has 1 aromatic heterocycles. The largest absolute Gasteiger partial charge is 0.382 e. The molecular formula is C11H20N4. The van der Waals surface area contributed by atoms with Crippen molar-refractivity contribution in [1.29, 1.82) is 0 Å². The molecule has 1 fully saturated rings. The van der Waals surface area contributed by atoms with Crippen molar-refractivity contribution in [1.82, 2.24) is 14.7 Å². The van der Waals surface area contributed by atoms with E-state index in [2.05, 4.69) is 16.9 Å². The highest BCUT2D eigenvalue weighted by molar-refractivity contribution is 5.29. The van der Waals surface area contributed by atoms with Crippen LogP contribution < -0.4 is 5.73 Å². The van der Waals surface area contributed by atoms with Crippen LogP contribution >= 0.6 is 0 Å². The molecule has 2 N–H and O–H groups in total. The molecular weight excluding hydrogens is 188 g/mol. The van der Waals surface area contributed by atoms with Crippen molar-refractivity contribution >= 4 is 5.82 Å². The van der Waals surface area contributed by atoms with Crippen molar-refractivity contribution in [2.75, 3.05) is 12.3 Å². The predicted octanol–water partition coefficient (Wildman–Crippen LogP) is 1.38. The van der Waals surface area contributed by atoms with E-state index in [9.17, 15) is 0 Å². The lowest BCUT2D eigenvalue weighted by Gasteiger charge is -2.33. The van der Waals surface area contributed by atoms with E-state index in [0.29, 0.717) is 11.9 Å². The molecule has 0 saturated carbocycles. The number of piperidine rings is 1. The molecule has 1 aromatic rings. The summed E-state index contributed by atoms with van der Waals surface area (Å²) in [6.07, 6.45) is 4.00. The van der Waals surface area contributed by atoms with Crippen LogP contribution in [0.1, 0.15) is 31.9 Å². The number of hydrogen-bond donors (Lipinski definition) is 1. The van der Waals surface area contributed by atoms with Gasteiger partial charge in [-0.05, 0) is 26.3 Å². The quantitative estimate of drug-likeness (QED) is 0.798. The molecule has 0 bridgehead atoms. The highest BCUT2D eigenvalue weighted by Crippen LogP contribution is 2.19. The molecule has 2 rings (SSSR count). The molecule has 1 saturated heterocycles.